The fourth-order valence-electron chi connectivity index (χ4n) is 1.64. The van der Waals surface area contributed by atoms with Gasteiger partial charge in [-0.05, 0) is 20.8 Å². The zero-order valence-corrected chi connectivity index (χ0v) is 12.4. The fourth-order valence-corrected chi connectivity index (χ4v) is 1.64. The first-order valence-electron chi connectivity index (χ1n) is 6.47. The maximum atomic E-state index is 11.7. The SMILES string of the molecule is CCOC(=O)C(C)(CC(O)COC(C)COC)C(=O)O. The van der Waals surface area contributed by atoms with Gasteiger partial charge in [-0.15, -0.1) is 0 Å². The average Bonchev–Trinajstić information content (AvgIpc) is 2.36. The van der Waals surface area contributed by atoms with Gasteiger partial charge in [-0.2, -0.15) is 0 Å². The van der Waals surface area contributed by atoms with E-state index in [0.717, 1.165) is 0 Å². The van der Waals surface area contributed by atoms with Crippen LogP contribution in [-0.4, -0.2) is 61.3 Å². The predicted octanol–water partition coefficient (Wildman–Crippen LogP) is 0.443. The lowest BCUT2D eigenvalue weighted by atomic mass is 9.84. The molecule has 3 unspecified atom stereocenters. The summed E-state index contributed by atoms with van der Waals surface area (Å²) >= 11 is 0. The molecule has 2 N–H and O–H groups in total. The third kappa shape index (κ3) is 5.85. The van der Waals surface area contributed by atoms with E-state index in [-0.39, 0.29) is 25.7 Å². The summed E-state index contributed by atoms with van der Waals surface area (Å²) in [4.78, 5) is 22.9. The van der Waals surface area contributed by atoms with Gasteiger partial charge < -0.3 is 24.4 Å². The third-order valence-electron chi connectivity index (χ3n) is 2.82. The number of methoxy groups -OCH3 is 1. The number of carbonyl (C=O) groups excluding carboxylic acids is 1. The number of ether oxygens (including phenoxy) is 3. The van der Waals surface area contributed by atoms with Crippen molar-refractivity contribution >= 4 is 11.9 Å². The van der Waals surface area contributed by atoms with E-state index >= 15 is 0 Å². The number of carboxylic acids is 1. The first-order chi connectivity index (χ1) is 9.27. The molecular weight excluding hydrogens is 268 g/mol. The van der Waals surface area contributed by atoms with Gasteiger partial charge in [0, 0.05) is 13.5 Å². The van der Waals surface area contributed by atoms with Crippen molar-refractivity contribution in [2.75, 3.05) is 26.9 Å². The van der Waals surface area contributed by atoms with Crippen LogP contribution in [0.1, 0.15) is 27.2 Å². The largest absolute Gasteiger partial charge is 0.480 e. The highest BCUT2D eigenvalue weighted by molar-refractivity contribution is 5.98. The molecule has 0 amide bonds. The van der Waals surface area contributed by atoms with Crippen molar-refractivity contribution in [3.8, 4) is 0 Å². The fraction of sp³-hybridized carbons (Fsp3) is 0.846. The molecule has 0 saturated heterocycles. The zero-order valence-electron chi connectivity index (χ0n) is 12.4. The molecule has 0 aliphatic heterocycles. The molecule has 0 bridgehead atoms. The highest BCUT2D eigenvalue weighted by atomic mass is 16.5. The quantitative estimate of drug-likeness (QED) is 0.445. The second kappa shape index (κ2) is 8.89. The van der Waals surface area contributed by atoms with Gasteiger partial charge in [-0.3, -0.25) is 9.59 Å². The highest BCUT2D eigenvalue weighted by Crippen LogP contribution is 2.26. The Labute approximate surface area is 118 Å². The number of hydrogen-bond donors (Lipinski definition) is 2. The van der Waals surface area contributed by atoms with E-state index in [1.807, 2.05) is 0 Å². The summed E-state index contributed by atoms with van der Waals surface area (Å²) < 4.78 is 14.9. The van der Waals surface area contributed by atoms with Crippen LogP contribution in [0.25, 0.3) is 0 Å². The lowest BCUT2D eigenvalue weighted by Gasteiger charge is -2.25. The molecule has 0 heterocycles. The Bertz CT molecular complexity index is 318. The van der Waals surface area contributed by atoms with Gasteiger partial charge in [0.05, 0.1) is 32.0 Å². The average molecular weight is 292 g/mol. The van der Waals surface area contributed by atoms with Crippen LogP contribution in [0.2, 0.25) is 0 Å². The molecule has 0 aliphatic rings. The third-order valence-corrected chi connectivity index (χ3v) is 2.82. The van der Waals surface area contributed by atoms with Crippen molar-refractivity contribution in [1.82, 2.24) is 0 Å². The Hall–Kier alpha value is -1.18. The van der Waals surface area contributed by atoms with E-state index < -0.39 is 23.5 Å². The van der Waals surface area contributed by atoms with E-state index in [2.05, 4.69) is 0 Å². The van der Waals surface area contributed by atoms with Crippen LogP contribution in [0.3, 0.4) is 0 Å². The molecule has 0 spiro atoms. The maximum Gasteiger partial charge on any atom is 0.323 e. The number of aliphatic hydroxyl groups is 1. The molecular formula is C13H24O7. The number of carbonyl (C=O) groups is 2. The van der Waals surface area contributed by atoms with E-state index in [0.29, 0.717) is 6.61 Å². The van der Waals surface area contributed by atoms with Crippen molar-refractivity contribution in [2.24, 2.45) is 5.41 Å². The van der Waals surface area contributed by atoms with Gasteiger partial charge in [-0.25, -0.2) is 0 Å². The molecule has 0 aliphatic carbocycles. The van der Waals surface area contributed by atoms with Crippen LogP contribution in [-0.2, 0) is 23.8 Å². The van der Waals surface area contributed by atoms with Crippen molar-refractivity contribution in [3.63, 3.8) is 0 Å². The number of hydrogen-bond acceptors (Lipinski definition) is 6. The molecule has 118 valence electrons. The number of aliphatic carboxylic acids is 1. The molecule has 0 rings (SSSR count). The van der Waals surface area contributed by atoms with Gasteiger partial charge in [0.1, 0.15) is 0 Å². The van der Waals surface area contributed by atoms with Crippen LogP contribution in [0.15, 0.2) is 0 Å². The lowest BCUT2D eigenvalue weighted by molar-refractivity contribution is -0.170. The monoisotopic (exact) mass is 292 g/mol. The summed E-state index contributed by atoms with van der Waals surface area (Å²) in [7, 11) is 1.53. The number of rotatable bonds is 10. The Morgan fingerprint density at radius 2 is 1.90 bits per heavy atom. The van der Waals surface area contributed by atoms with E-state index in [4.69, 9.17) is 19.3 Å². The van der Waals surface area contributed by atoms with Gasteiger partial charge in [-0.1, -0.05) is 0 Å². The Balaban J connectivity index is 4.52. The minimum atomic E-state index is -1.79. The number of esters is 1. The Morgan fingerprint density at radius 1 is 1.30 bits per heavy atom. The Morgan fingerprint density at radius 3 is 2.35 bits per heavy atom. The van der Waals surface area contributed by atoms with Crippen molar-refractivity contribution in [2.45, 2.75) is 39.4 Å². The summed E-state index contributed by atoms with van der Waals surface area (Å²) in [6.45, 7) is 4.95. The molecule has 7 heteroatoms. The van der Waals surface area contributed by atoms with E-state index in [9.17, 15) is 14.7 Å². The van der Waals surface area contributed by atoms with Gasteiger partial charge in [0.25, 0.3) is 0 Å². The molecule has 3 atom stereocenters. The molecule has 0 aromatic heterocycles. The number of aliphatic hydroxyl groups excluding tert-OH is 1. The second-order valence-corrected chi connectivity index (χ2v) is 4.81. The first kappa shape index (κ1) is 18.8. The van der Waals surface area contributed by atoms with E-state index in [1.165, 1.54) is 14.0 Å². The normalized spacial score (nSPS) is 17.1. The summed E-state index contributed by atoms with van der Waals surface area (Å²) in [5.41, 5.74) is -1.79. The number of carboxylic acid groups (broad SMARTS) is 1. The van der Waals surface area contributed by atoms with Crippen LogP contribution in [0.4, 0.5) is 0 Å². The van der Waals surface area contributed by atoms with Crippen LogP contribution in [0, 0.1) is 5.41 Å². The molecule has 0 saturated carbocycles. The summed E-state index contributed by atoms with van der Waals surface area (Å²) in [6.07, 6.45) is -1.59. The minimum absolute atomic E-state index is 0.0766. The molecule has 20 heavy (non-hydrogen) atoms. The van der Waals surface area contributed by atoms with Crippen LogP contribution in [0.5, 0.6) is 0 Å². The van der Waals surface area contributed by atoms with Crippen LogP contribution >= 0.6 is 0 Å². The Kier molecular flexibility index (Phi) is 8.36. The first-order valence-corrected chi connectivity index (χ1v) is 6.47. The zero-order chi connectivity index (χ0) is 15.8. The maximum absolute atomic E-state index is 11.7. The van der Waals surface area contributed by atoms with Crippen LogP contribution < -0.4 is 0 Å². The molecule has 7 nitrogen and oxygen atoms in total. The highest BCUT2D eigenvalue weighted by Gasteiger charge is 2.44. The smallest absolute Gasteiger partial charge is 0.323 e. The van der Waals surface area contributed by atoms with Crippen molar-refractivity contribution in [3.05, 3.63) is 0 Å². The standard InChI is InChI=1S/C13H24O7/c1-5-19-12(17)13(3,11(15)16)6-10(14)8-20-9(2)7-18-4/h9-10,14H,5-8H2,1-4H3,(H,15,16). The van der Waals surface area contributed by atoms with Gasteiger partial charge >= 0.3 is 11.9 Å². The lowest BCUT2D eigenvalue weighted by Crippen LogP contribution is -2.42. The van der Waals surface area contributed by atoms with Gasteiger partial charge in [0.15, 0.2) is 5.41 Å². The summed E-state index contributed by atoms with van der Waals surface area (Å²) in [5, 5.41) is 19.0. The predicted molar refractivity (Wildman–Crippen MR) is 70.3 cm³/mol. The molecule has 0 fully saturated rings. The van der Waals surface area contributed by atoms with Crippen molar-refractivity contribution in [1.29, 1.82) is 0 Å². The van der Waals surface area contributed by atoms with E-state index in [1.54, 1.807) is 13.8 Å². The molecule has 0 radical (unpaired) electrons. The van der Waals surface area contributed by atoms with Crippen molar-refractivity contribution < 1.29 is 34.0 Å². The topological polar surface area (TPSA) is 102 Å². The minimum Gasteiger partial charge on any atom is -0.480 e. The molecule has 0 aromatic carbocycles. The van der Waals surface area contributed by atoms with Gasteiger partial charge in [0.2, 0.25) is 0 Å². The summed E-state index contributed by atoms with van der Waals surface area (Å²) in [5.74, 6) is -2.20. The second-order valence-electron chi connectivity index (χ2n) is 4.81. The molecule has 0 aromatic rings. The summed E-state index contributed by atoms with van der Waals surface area (Å²) in [6, 6.07) is 0.